The first-order chi connectivity index (χ1) is 14.7. The largest absolute Gasteiger partial charge is 0.493 e. The molecule has 0 saturated carbocycles. The van der Waals surface area contributed by atoms with Gasteiger partial charge in [0.25, 0.3) is 5.91 Å². The van der Waals surface area contributed by atoms with Crippen molar-refractivity contribution in [2.24, 2.45) is 0 Å². The van der Waals surface area contributed by atoms with E-state index in [-0.39, 0.29) is 11.6 Å². The molecule has 0 spiro atoms. The first kappa shape index (κ1) is 20.2. The van der Waals surface area contributed by atoms with Crippen LogP contribution in [0, 0.1) is 0 Å². The zero-order valence-corrected chi connectivity index (χ0v) is 17.4. The van der Waals surface area contributed by atoms with Crippen molar-refractivity contribution in [1.82, 2.24) is 20.0 Å². The Balaban J connectivity index is 1.46. The Morgan fingerprint density at radius 1 is 1.00 bits per heavy atom. The number of methoxy groups -OCH3 is 1. The molecule has 1 saturated heterocycles. The molecule has 1 aliphatic heterocycles. The summed E-state index contributed by atoms with van der Waals surface area (Å²) in [6, 6.07) is 18.0. The maximum Gasteiger partial charge on any atom is 0.275 e. The molecule has 6 nitrogen and oxygen atoms in total. The number of benzene rings is 2. The van der Waals surface area contributed by atoms with Crippen LogP contribution in [0.2, 0.25) is 0 Å². The van der Waals surface area contributed by atoms with Crippen molar-refractivity contribution in [3.63, 3.8) is 0 Å². The van der Waals surface area contributed by atoms with Gasteiger partial charge in [0, 0.05) is 13.1 Å². The first-order valence-corrected chi connectivity index (χ1v) is 10.5. The van der Waals surface area contributed by atoms with Crippen molar-refractivity contribution >= 4 is 5.91 Å². The number of amides is 1. The highest BCUT2D eigenvalue weighted by Gasteiger charge is 2.19. The number of nitrogens with zero attached hydrogens (tertiary/aromatic N) is 3. The highest BCUT2D eigenvalue weighted by atomic mass is 16.5. The number of nitrogens with one attached hydrogen (secondary N) is 1. The summed E-state index contributed by atoms with van der Waals surface area (Å²) in [6.45, 7) is 3.69. The molecule has 1 N–H and O–H groups in total. The maximum absolute atomic E-state index is 12.9. The van der Waals surface area contributed by atoms with E-state index in [0.717, 1.165) is 30.9 Å². The Hall–Kier alpha value is -3.12. The molecule has 1 aromatic heterocycles. The van der Waals surface area contributed by atoms with Crippen molar-refractivity contribution in [3.05, 3.63) is 77.6 Å². The molecule has 3 aromatic rings. The normalized spacial score (nSPS) is 14.4. The standard InChI is InChI=1S/C24H28N4O2/c1-30-22-18-28(21-12-4-2-5-13-21)26-23(22)24(29)25-16-19-10-6-7-11-20(19)17-27-14-8-3-9-15-27/h2,4-7,10-13,18H,3,8-9,14-17H2,1H3,(H,25,29). The second-order valence-electron chi connectivity index (χ2n) is 7.61. The second kappa shape index (κ2) is 9.59. The summed E-state index contributed by atoms with van der Waals surface area (Å²) in [5, 5.41) is 7.47. The van der Waals surface area contributed by atoms with Crippen LogP contribution in [0.4, 0.5) is 0 Å². The third-order valence-corrected chi connectivity index (χ3v) is 5.54. The maximum atomic E-state index is 12.9. The van der Waals surface area contributed by atoms with Crippen molar-refractivity contribution in [2.45, 2.75) is 32.4 Å². The molecule has 156 valence electrons. The van der Waals surface area contributed by atoms with Gasteiger partial charge in [0.2, 0.25) is 0 Å². The van der Waals surface area contributed by atoms with Crippen molar-refractivity contribution in [2.75, 3.05) is 20.2 Å². The second-order valence-corrected chi connectivity index (χ2v) is 7.61. The van der Waals surface area contributed by atoms with Crippen LogP contribution in [0.3, 0.4) is 0 Å². The Kier molecular flexibility index (Phi) is 6.44. The van der Waals surface area contributed by atoms with Crippen molar-refractivity contribution in [1.29, 1.82) is 0 Å². The van der Waals surface area contributed by atoms with Gasteiger partial charge in [-0.3, -0.25) is 9.69 Å². The molecule has 2 heterocycles. The van der Waals surface area contributed by atoms with Crippen LogP contribution < -0.4 is 10.1 Å². The summed E-state index contributed by atoms with van der Waals surface area (Å²) in [4.78, 5) is 15.4. The van der Waals surface area contributed by atoms with E-state index in [1.807, 2.05) is 36.4 Å². The van der Waals surface area contributed by atoms with E-state index in [9.17, 15) is 4.79 Å². The molecule has 0 atom stereocenters. The van der Waals surface area contributed by atoms with E-state index in [2.05, 4.69) is 33.5 Å². The molecule has 1 aliphatic rings. The summed E-state index contributed by atoms with van der Waals surface area (Å²) < 4.78 is 7.06. The van der Waals surface area contributed by atoms with Gasteiger partial charge in [-0.25, -0.2) is 4.68 Å². The quantitative estimate of drug-likeness (QED) is 0.651. The van der Waals surface area contributed by atoms with Gasteiger partial charge in [0.05, 0.1) is 19.0 Å². The molecule has 0 unspecified atom stereocenters. The van der Waals surface area contributed by atoms with Crippen molar-refractivity contribution in [3.8, 4) is 11.4 Å². The molecule has 1 fully saturated rings. The first-order valence-electron chi connectivity index (χ1n) is 10.5. The summed E-state index contributed by atoms with van der Waals surface area (Å²) in [7, 11) is 1.55. The van der Waals surface area contributed by atoms with E-state index in [4.69, 9.17) is 4.74 Å². The van der Waals surface area contributed by atoms with Crippen LogP contribution in [0.25, 0.3) is 5.69 Å². The molecule has 1 amide bonds. The summed E-state index contributed by atoms with van der Waals surface area (Å²) in [5.74, 6) is 0.215. The summed E-state index contributed by atoms with van der Waals surface area (Å²) >= 11 is 0. The number of carbonyl (C=O) groups is 1. The number of para-hydroxylation sites is 1. The fourth-order valence-corrected chi connectivity index (χ4v) is 3.88. The van der Waals surface area contributed by atoms with E-state index in [1.54, 1.807) is 18.0 Å². The molecular weight excluding hydrogens is 376 g/mol. The lowest BCUT2D eigenvalue weighted by atomic mass is 10.0. The average molecular weight is 405 g/mol. The van der Waals surface area contributed by atoms with Gasteiger partial charge in [-0.1, -0.05) is 48.9 Å². The van der Waals surface area contributed by atoms with Crippen LogP contribution in [-0.4, -0.2) is 40.8 Å². The number of hydrogen-bond acceptors (Lipinski definition) is 4. The summed E-state index contributed by atoms with van der Waals surface area (Å²) in [6.07, 6.45) is 5.59. The van der Waals surface area contributed by atoms with Crippen molar-refractivity contribution < 1.29 is 9.53 Å². The van der Waals surface area contributed by atoms with Crippen LogP contribution >= 0.6 is 0 Å². The number of piperidine rings is 1. The Morgan fingerprint density at radius 3 is 2.43 bits per heavy atom. The highest BCUT2D eigenvalue weighted by molar-refractivity contribution is 5.94. The molecule has 0 aliphatic carbocycles. The Bertz CT molecular complexity index is 978. The number of hydrogen-bond donors (Lipinski definition) is 1. The lowest BCUT2D eigenvalue weighted by Gasteiger charge is -2.27. The van der Waals surface area contributed by atoms with E-state index >= 15 is 0 Å². The zero-order chi connectivity index (χ0) is 20.8. The topological polar surface area (TPSA) is 59.4 Å². The molecule has 0 radical (unpaired) electrons. The lowest BCUT2D eigenvalue weighted by molar-refractivity contribution is 0.0942. The number of ether oxygens (including phenoxy) is 1. The molecule has 0 bridgehead atoms. The van der Waals surface area contributed by atoms with E-state index < -0.39 is 0 Å². The average Bonchev–Trinajstić information content (AvgIpc) is 3.24. The zero-order valence-electron chi connectivity index (χ0n) is 17.4. The predicted molar refractivity (Wildman–Crippen MR) is 117 cm³/mol. The minimum Gasteiger partial charge on any atom is -0.493 e. The number of aromatic nitrogens is 2. The van der Waals surface area contributed by atoms with E-state index in [1.165, 1.54) is 24.8 Å². The van der Waals surface area contributed by atoms with Crippen LogP contribution in [-0.2, 0) is 13.1 Å². The van der Waals surface area contributed by atoms with Gasteiger partial charge in [0.15, 0.2) is 11.4 Å². The fraction of sp³-hybridized carbons (Fsp3) is 0.333. The number of rotatable bonds is 7. The molecule has 30 heavy (non-hydrogen) atoms. The molecule has 6 heteroatoms. The van der Waals surface area contributed by atoms with Gasteiger partial charge in [-0.05, 0) is 49.2 Å². The third kappa shape index (κ3) is 4.71. The number of likely N-dealkylation sites (tertiary alicyclic amines) is 1. The molecule has 2 aromatic carbocycles. The van der Waals surface area contributed by atoms with Gasteiger partial charge in [-0.15, -0.1) is 0 Å². The fourth-order valence-electron chi connectivity index (χ4n) is 3.88. The van der Waals surface area contributed by atoms with Gasteiger partial charge in [-0.2, -0.15) is 5.10 Å². The number of carbonyl (C=O) groups excluding carboxylic acids is 1. The van der Waals surface area contributed by atoms with Crippen LogP contribution in [0.5, 0.6) is 5.75 Å². The third-order valence-electron chi connectivity index (χ3n) is 5.54. The SMILES string of the molecule is COc1cn(-c2ccccc2)nc1C(=O)NCc1ccccc1CN1CCCCC1. The Morgan fingerprint density at radius 2 is 1.70 bits per heavy atom. The summed E-state index contributed by atoms with van der Waals surface area (Å²) in [5.41, 5.74) is 3.57. The molecule has 4 rings (SSSR count). The highest BCUT2D eigenvalue weighted by Crippen LogP contribution is 2.20. The van der Waals surface area contributed by atoms with E-state index in [0.29, 0.717) is 12.3 Å². The minimum absolute atomic E-state index is 0.241. The Labute approximate surface area is 177 Å². The van der Waals surface area contributed by atoms with Crippen LogP contribution in [0.15, 0.2) is 60.8 Å². The van der Waals surface area contributed by atoms with Crippen LogP contribution in [0.1, 0.15) is 40.9 Å². The van der Waals surface area contributed by atoms with Gasteiger partial charge in [0.1, 0.15) is 0 Å². The monoisotopic (exact) mass is 404 g/mol. The lowest BCUT2D eigenvalue weighted by Crippen LogP contribution is -2.30. The molecular formula is C24H28N4O2. The van der Waals surface area contributed by atoms with Gasteiger partial charge >= 0.3 is 0 Å². The minimum atomic E-state index is -0.241. The van der Waals surface area contributed by atoms with Gasteiger partial charge < -0.3 is 10.1 Å². The predicted octanol–water partition coefficient (Wildman–Crippen LogP) is 3.80. The smallest absolute Gasteiger partial charge is 0.275 e.